The molecule has 0 radical (unpaired) electrons. The highest BCUT2D eigenvalue weighted by atomic mass is 127. The normalized spacial score (nSPS) is 16.6. The number of benzene rings is 2. The lowest BCUT2D eigenvalue weighted by molar-refractivity contribution is -0.122. The van der Waals surface area contributed by atoms with Gasteiger partial charge in [0, 0.05) is 47.4 Å². The predicted molar refractivity (Wildman–Crippen MR) is 147 cm³/mol. The molecule has 1 atom stereocenters. The van der Waals surface area contributed by atoms with E-state index in [4.69, 9.17) is 5.26 Å². The summed E-state index contributed by atoms with van der Waals surface area (Å²) in [4.78, 5) is 21.2. The number of aromatic nitrogens is 2. The molecule has 194 valence electrons. The minimum absolute atomic E-state index is 0.00273. The number of carbonyl (C=O) groups is 1. The minimum atomic E-state index is -3.20. The Morgan fingerprint density at radius 2 is 1.92 bits per heavy atom. The van der Waals surface area contributed by atoms with E-state index in [1.807, 2.05) is 27.7 Å². The van der Waals surface area contributed by atoms with Gasteiger partial charge in [-0.3, -0.25) is 9.69 Å². The zero-order valence-corrected chi connectivity index (χ0v) is 23.3. The monoisotopic (exact) mass is 635 g/mol. The predicted octanol–water partition coefficient (Wildman–Crippen LogP) is 3.53. The van der Waals surface area contributed by atoms with Crippen LogP contribution >= 0.6 is 22.6 Å². The van der Waals surface area contributed by atoms with Crippen LogP contribution in [0, 0.1) is 14.9 Å². The van der Waals surface area contributed by atoms with Crippen LogP contribution in [0.15, 0.2) is 55.0 Å². The van der Waals surface area contributed by atoms with E-state index < -0.39 is 16.5 Å². The average molecular weight is 636 g/mol. The van der Waals surface area contributed by atoms with Crippen LogP contribution in [-0.2, 0) is 34.4 Å². The zero-order chi connectivity index (χ0) is 26.6. The molecule has 8 nitrogen and oxygen atoms in total. The first-order valence-electron chi connectivity index (χ1n) is 11.7. The van der Waals surface area contributed by atoms with Crippen molar-refractivity contribution in [1.82, 2.24) is 14.5 Å². The van der Waals surface area contributed by atoms with Crippen molar-refractivity contribution in [3.05, 3.63) is 80.9 Å². The lowest BCUT2D eigenvalue weighted by atomic mass is 10.1. The van der Waals surface area contributed by atoms with E-state index in [9.17, 15) is 17.6 Å². The summed E-state index contributed by atoms with van der Waals surface area (Å²) in [7, 11) is -3.20. The van der Waals surface area contributed by atoms with E-state index in [-0.39, 0.29) is 24.2 Å². The molecule has 0 aliphatic carbocycles. The number of hydrogen-bond donors (Lipinski definition) is 0. The molecule has 3 aromatic rings. The molecule has 1 unspecified atom stereocenters. The summed E-state index contributed by atoms with van der Waals surface area (Å²) in [5, 5.41) is 9.03. The van der Waals surface area contributed by atoms with E-state index in [1.54, 1.807) is 41.7 Å². The molecule has 11 heteroatoms. The highest BCUT2D eigenvalue weighted by Crippen LogP contribution is 2.27. The van der Waals surface area contributed by atoms with Gasteiger partial charge in [0.1, 0.15) is 16.5 Å². The maximum atomic E-state index is 13.4. The second-order valence-electron chi connectivity index (χ2n) is 9.25. The molecule has 0 bridgehead atoms. The van der Waals surface area contributed by atoms with Gasteiger partial charge < -0.3 is 9.47 Å². The van der Waals surface area contributed by atoms with Crippen LogP contribution in [0.1, 0.15) is 28.8 Å². The first-order chi connectivity index (χ1) is 17.6. The van der Waals surface area contributed by atoms with E-state index >= 15 is 0 Å². The summed E-state index contributed by atoms with van der Waals surface area (Å²) in [5.41, 5.74) is 3.61. The average Bonchev–Trinajstić information content (AvgIpc) is 3.29. The van der Waals surface area contributed by atoms with Crippen LogP contribution in [0.5, 0.6) is 0 Å². The minimum Gasteiger partial charge on any atom is -0.329 e. The number of halogens is 2. The van der Waals surface area contributed by atoms with Crippen molar-refractivity contribution in [2.24, 2.45) is 0 Å². The largest absolute Gasteiger partial charge is 0.329 e. The van der Waals surface area contributed by atoms with Crippen molar-refractivity contribution in [2.75, 3.05) is 30.0 Å². The fourth-order valence-corrected chi connectivity index (χ4v) is 5.87. The van der Waals surface area contributed by atoms with Gasteiger partial charge in [-0.15, -0.1) is 0 Å². The van der Waals surface area contributed by atoms with Crippen LogP contribution in [0.3, 0.4) is 0 Å². The molecule has 1 amide bonds. The summed E-state index contributed by atoms with van der Waals surface area (Å²) < 4.78 is 40.1. The van der Waals surface area contributed by atoms with Crippen molar-refractivity contribution in [3.63, 3.8) is 0 Å². The maximum Gasteiger partial charge on any atom is 0.241 e. The van der Waals surface area contributed by atoms with Crippen molar-refractivity contribution < 1.29 is 17.6 Å². The molecular formula is C26H27FIN5O3S. The quantitative estimate of drug-likeness (QED) is 0.334. The standard InChI is InChI=1S/C26H27FIN5O3S/c1-37(35,36)7-6-23-16-33(24-9-21(11-27)8-22(28)10-24)26(34)17-31(23)15-25-13-30-18-32(25)14-20-4-2-19(12-29)3-5-20/h2-5,8-10,13,18,23H,6-7,11,14-17H2,1H3. The number of piperazine rings is 1. The number of alkyl halides is 1. The highest BCUT2D eigenvalue weighted by Gasteiger charge is 2.34. The number of sulfone groups is 1. The van der Waals surface area contributed by atoms with Gasteiger partial charge in [0.25, 0.3) is 0 Å². The van der Waals surface area contributed by atoms with E-state index in [1.165, 1.54) is 6.26 Å². The van der Waals surface area contributed by atoms with Crippen molar-refractivity contribution in [3.8, 4) is 6.07 Å². The van der Waals surface area contributed by atoms with Crippen molar-refractivity contribution in [2.45, 2.75) is 32.2 Å². The van der Waals surface area contributed by atoms with Crippen LogP contribution < -0.4 is 4.90 Å². The van der Waals surface area contributed by atoms with Crippen LogP contribution in [0.2, 0.25) is 0 Å². The van der Waals surface area contributed by atoms with E-state index in [2.05, 4.69) is 33.6 Å². The zero-order valence-electron chi connectivity index (χ0n) is 20.3. The Morgan fingerprint density at radius 3 is 2.59 bits per heavy atom. The first-order valence-corrected chi connectivity index (χ1v) is 14.8. The van der Waals surface area contributed by atoms with Gasteiger partial charge in [-0.2, -0.15) is 5.26 Å². The van der Waals surface area contributed by atoms with Gasteiger partial charge >= 0.3 is 0 Å². The molecular weight excluding hydrogens is 608 g/mol. The van der Waals surface area contributed by atoms with Crippen LogP contribution in [0.4, 0.5) is 10.1 Å². The van der Waals surface area contributed by atoms with Gasteiger partial charge in [-0.05, 0) is 70.5 Å². The maximum absolute atomic E-state index is 13.4. The third kappa shape index (κ3) is 7.15. The second kappa shape index (κ2) is 11.7. The van der Waals surface area contributed by atoms with Gasteiger partial charge in [0.05, 0.1) is 36.0 Å². The number of carbonyl (C=O) groups excluding carboxylic acids is 1. The third-order valence-electron chi connectivity index (χ3n) is 6.38. The highest BCUT2D eigenvalue weighted by molar-refractivity contribution is 14.1. The molecule has 0 saturated carbocycles. The number of hydrogen-bond acceptors (Lipinski definition) is 6. The molecule has 2 aromatic carbocycles. The number of amides is 1. The summed E-state index contributed by atoms with van der Waals surface area (Å²) in [6, 6.07) is 14.5. The Kier molecular flexibility index (Phi) is 8.61. The van der Waals surface area contributed by atoms with E-state index in [0.717, 1.165) is 14.8 Å². The first kappa shape index (κ1) is 27.2. The third-order valence-corrected chi connectivity index (χ3v) is 7.98. The Bertz CT molecular complexity index is 1420. The number of rotatable bonds is 9. The van der Waals surface area contributed by atoms with Gasteiger partial charge in [0.15, 0.2) is 0 Å². The topological polar surface area (TPSA) is 99.3 Å². The summed E-state index contributed by atoms with van der Waals surface area (Å²) in [6.45, 7) is 0.763. The summed E-state index contributed by atoms with van der Waals surface area (Å²) in [6.07, 6.45) is 5.05. The molecule has 0 spiro atoms. The molecule has 1 fully saturated rings. The fourth-order valence-electron chi connectivity index (χ4n) is 4.45. The number of imidazole rings is 1. The van der Waals surface area contributed by atoms with Crippen LogP contribution in [-0.4, -0.2) is 59.9 Å². The molecule has 2 heterocycles. The number of nitrogens with zero attached hydrogens (tertiary/aromatic N) is 5. The Balaban J connectivity index is 1.56. The van der Waals surface area contributed by atoms with Gasteiger partial charge in [-0.25, -0.2) is 17.8 Å². The lowest BCUT2D eigenvalue weighted by Crippen LogP contribution is -2.56. The molecule has 1 saturated heterocycles. The Hall–Kier alpha value is -2.82. The summed E-state index contributed by atoms with van der Waals surface area (Å²) >= 11 is 2.10. The smallest absolute Gasteiger partial charge is 0.241 e. The van der Waals surface area contributed by atoms with Crippen LogP contribution in [0.25, 0.3) is 0 Å². The molecule has 1 aromatic heterocycles. The Morgan fingerprint density at radius 1 is 1.16 bits per heavy atom. The molecule has 0 N–H and O–H groups in total. The Labute approximate surface area is 229 Å². The molecule has 1 aliphatic heterocycles. The number of anilines is 1. The fraction of sp³-hybridized carbons (Fsp3) is 0.346. The second-order valence-corrected chi connectivity index (χ2v) is 12.8. The molecule has 37 heavy (non-hydrogen) atoms. The van der Waals surface area contributed by atoms with E-state index in [0.29, 0.717) is 42.9 Å². The van der Waals surface area contributed by atoms with Crippen molar-refractivity contribution >= 4 is 44.0 Å². The SMILES string of the molecule is CS(=O)(=O)CCC1CN(c2cc(I)cc(CF)c2)C(=O)CN1Cc1cncn1Cc1ccc(C#N)cc1. The van der Waals surface area contributed by atoms with Gasteiger partial charge in [-0.1, -0.05) is 12.1 Å². The molecule has 4 rings (SSSR count). The van der Waals surface area contributed by atoms with Gasteiger partial charge in [0.2, 0.25) is 5.91 Å². The van der Waals surface area contributed by atoms with Crippen molar-refractivity contribution in [1.29, 1.82) is 5.26 Å². The lowest BCUT2D eigenvalue weighted by Gasteiger charge is -2.41. The number of nitriles is 1. The summed E-state index contributed by atoms with van der Waals surface area (Å²) in [5.74, 6) is -0.122. The molecule has 1 aliphatic rings.